The second-order valence-corrected chi connectivity index (χ2v) is 10.5. The predicted octanol–water partition coefficient (Wildman–Crippen LogP) is 5.33. The Morgan fingerprint density at radius 2 is 1.67 bits per heavy atom. The van der Waals surface area contributed by atoms with Crippen LogP contribution in [0.5, 0.6) is 5.75 Å². The van der Waals surface area contributed by atoms with Gasteiger partial charge in [0.05, 0.1) is 23.4 Å². The third kappa shape index (κ3) is 7.42. The van der Waals surface area contributed by atoms with Crippen LogP contribution in [0.15, 0.2) is 88.9 Å². The van der Waals surface area contributed by atoms with Gasteiger partial charge in [-0.25, -0.2) is 13.8 Å². The molecule has 0 aliphatic heterocycles. The molecule has 0 saturated carbocycles. The third-order valence-electron chi connectivity index (χ3n) is 5.52. The lowest BCUT2D eigenvalue weighted by atomic mass is 10.0. The fourth-order valence-corrected chi connectivity index (χ4v) is 4.83. The van der Waals surface area contributed by atoms with Gasteiger partial charge in [0.25, 0.3) is 15.9 Å². The number of amides is 1. The van der Waals surface area contributed by atoms with E-state index in [2.05, 4.69) is 31.3 Å². The monoisotopic (exact) mass is 507 g/mol. The number of ether oxygens (including phenoxy) is 1. The number of hydrogen-bond acceptors (Lipinski definition) is 5. The Labute approximate surface area is 213 Å². The standard InChI is InChI=1S/C28H33N3O4S/c1-4-5-19-35-26-17-11-23(12-18-26)20-29-30-28(32)21-31(25-15-13-24(14-16-25)22(2)3)36(33,34)27-9-7-6-8-10-27/h6-18,20,22H,4-5,19,21H2,1-3H3,(H,30,32)/b29-20+. The molecule has 0 atom stereocenters. The molecule has 190 valence electrons. The molecule has 0 aliphatic carbocycles. The van der Waals surface area contributed by atoms with Crippen molar-refractivity contribution in [2.75, 3.05) is 17.5 Å². The largest absolute Gasteiger partial charge is 0.494 e. The van der Waals surface area contributed by atoms with Gasteiger partial charge in [-0.2, -0.15) is 5.10 Å². The second-order valence-electron chi connectivity index (χ2n) is 8.64. The number of hydrogen-bond donors (Lipinski definition) is 1. The number of hydrazone groups is 1. The molecule has 8 heteroatoms. The van der Waals surface area contributed by atoms with Crippen molar-refractivity contribution >= 4 is 27.8 Å². The minimum atomic E-state index is -3.97. The molecule has 1 N–H and O–H groups in total. The highest BCUT2D eigenvalue weighted by molar-refractivity contribution is 7.92. The Morgan fingerprint density at radius 3 is 2.28 bits per heavy atom. The van der Waals surface area contributed by atoms with Crippen LogP contribution in [0, 0.1) is 0 Å². The van der Waals surface area contributed by atoms with Crippen LogP contribution in [0.4, 0.5) is 5.69 Å². The Bertz CT molecular complexity index is 1240. The second kappa shape index (κ2) is 12.9. The summed E-state index contributed by atoms with van der Waals surface area (Å²) in [5.41, 5.74) is 4.69. The van der Waals surface area contributed by atoms with Gasteiger partial charge in [0.15, 0.2) is 0 Å². The molecule has 0 radical (unpaired) electrons. The van der Waals surface area contributed by atoms with Crippen molar-refractivity contribution in [1.82, 2.24) is 5.43 Å². The zero-order chi connectivity index (χ0) is 26.0. The number of carbonyl (C=O) groups excluding carboxylic acids is 1. The number of rotatable bonds is 12. The van der Waals surface area contributed by atoms with Gasteiger partial charge in [-0.1, -0.05) is 57.5 Å². The fourth-order valence-electron chi connectivity index (χ4n) is 3.39. The molecule has 0 fully saturated rings. The van der Waals surface area contributed by atoms with E-state index in [0.717, 1.165) is 34.0 Å². The van der Waals surface area contributed by atoms with Crippen molar-refractivity contribution in [1.29, 1.82) is 0 Å². The Balaban J connectivity index is 1.72. The minimum Gasteiger partial charge on any atom is -0.494 e. The first kappa shape index (κ1) is 26.9. The fraction of sp³-hybridized carbons (Fsp3) is 0.286. The molecule has 0 unspecified atom stereocenters. The van der Waals surface area contributed by atoms with Crippen LogP contribution < -0.4 is 14.5 Å². The summed E-state index contributed by atoms with van der Waals surface area (Å²) >= 11 is 0. The number of carbonyl (C=O) groups is 1. The van der Waals surface area contributed by atoms with Crippen molar-refractivity contribution in [3.05, 3.63) is 90.0 Å². The van der Waals surface area contributed by atoms with E-state index in [1.165, 1.54) is 18.3 Å². The minimum absolute atomic E-state index is 0.107. The lowest BCUT2D eigenvalue weighted by Gasteiger charge is -2.24. The van der Waals surface area contributed by atoms with Crippen LogP contribution in [0.2, 0.25) is 0 Å². The average molecular weight is 508 g/mol. The highest BCUT2D eigenvalue weighted by Crippen LogP contribution is 2.25. The SMILES string of the molecule is CCCCOc1ccc(/C=N/NC(=O)CN(c2ccc(C(C)C)cc2)S(=O)(=O)c2ccccc2)cc1. The summed E-state index contributed by atoms with van der Waals surface area (Å²) < 4.78 is 33.5. The first-order valence-corrected chi connectivity index (χ1v) is 13.5. The number of nitrogens with one attached hydrogen (secondary N) is 1. The van der Waals surface area contributed by atoms with Crippen LogP contribution in [-0.4, -0.2) is 33.7 Å². The van der Waals surface area contributed by atoms with E-state index in [9.17, 15) is 13.2 Å². The zero-order valence-electron chi connectivity index (χ0n) is 20.9. The Kier molecular flexibility index (Phi) is 9.64. The highest BCUT2D eigenvalue weighted by atomic mass is 32.2. The molecule has 0 aromatic heterocycles. The van der Waals surface area contributed by atoms with E-state index in [0.29, 0.717) is 18.2 Å². The molecule has 3 aromatic carbocycles. The van der Waals surface area contributed by atoms with Gasteiger partial charge in [0, 0.05) is 0 Å². The molecule has 36 heavy (non-hydrogen) atoms. The summed E-state index contributed by atoms with van der Waals surface area (Å²) in [5, 5.41) is 4.00. The maximum Gasteiger partial charge on any atom is 0.264 e. The Hall–Kier alpha value is -3.65. The smallest absolute Gasteiger partial charge is 0.264 e. The maximum atomic E-state index is 13.4. The van der Waals surface area contributed by atoms with Crippen molar-refractivity contribution in [2.24, 2.45) is 5.10 Å². The van der Waals surface area contributed by atoms with Crippen molar-refractivity contribution in [2.45, 2.75) is 44.4 Å². The summed E-state index contributed by atoms with van der Waals surface area (Å²) in [5.74, 6) is 0.515. The average Bonchev–Trinajstić information content (AvgIpc) is 2.89. The highest BCUT2D eigenvalue weighted by Gasteiger charge is 2.27. The van der Waals surface area contributed by atoms with Gasteiger partial charge >= 0.3 is 0 Å². The number of benzene rings is 3. The zero-order valence-corrected chi connectivity index (χ0v) is 21.7. The van der Waals surface area contributed by atoms with E-state index < -0.39 is 22.5 Å². The number of nitrogens with zero attached hydrogens (tertiary/aromatic N) is 2. The van der Waals surface area contributed by atoms with Crippen LogP contribution in [0.3, 0.4) is 0 Å². The van der Waals surface area contributed by atoms with Gasteiger partial charge < -0.3 is 4.74 Å². The van der Waals surface area contributed by atoms with Crippen molar-refractivity contribution in [3.63, 3.8) is 0 Å². The molecule has 3 rings (SSSR count). The molecule has 0 heterocycles. The molecule has 7 nitrogen and oxygen atoms in total. The van der Waals surface area contributed by atoms with Gasteiger partial charge in [-0.15, -0.1) is 0 Å². The summed E-state index contributed by atoms with van der Waals surface area (Å²) in [7, 11) is -3.97. The van der Waals surface area contributed by atoms with Crippen LogP contribution in [0.25, 0.3) is 0 Å². The normalized spacial score (nSPS) is 11.6. The quantitative estimate of drug-likeness (QED) is 0.204. The topological polar surface area (TPSA) is 88.1 Å². The third-order valence-corrected chi connectivity index (χ3v) is 7.30. The van der Waals surface area contributed by atoms with Crippen LogP contribution in [0.1, 0.15) is 50.7 Å². The van der Waals surface area contributed by atoms with E-state index in [1.54, 1.807) is 30.3 Å². The van der Waals surface area contributed by atoms with E-state index >= 15 is 0 Å². The van der Waals surface area contributed by atoms with Gasteiger partial charge in [0.1, 0.15) is 12.3 Å². The molecular weight excluding hydrogens is 474 g/mol. The van der Waals surface area contributed by atoms with Crippen LogP contribution >= 0.6 is 0 Å². The molecule has 3 aromatic rings. The summed E-state index contributed by atoms with van der Waals surface area (Å²) in [6.07, 6.45) is 3.56. The molecule has 0 bridgehead atoms. The lowest BCUT2D eigenvalue weighted by molar-refractivity contribution is -0.119. The predicted molar refractivity (Wildman–Crippen MR) is 144 cm³/mol. The molecule has 0 saturated heterocycles. The molecule has 0 spiro atoms. The first-order valence-electron chi connectivity index (χ1n) is 12.0. The van der Waals surface area contributed by atoms with Crippen LogP contribution in [-0.2, 0) is 14.8 Å². The van der Waals surface area contributed by atoms with E-state index in [1.807, 2.05) is 36.4 Å². The van der Waals surface area contributed by atoms with E-state index in [4.69, 9.17) is 4.74 Å². The Morgan fingerprint density at radius 1 is 1.00 bits per heavy atom. The van der Waals surface area contributed by atoms with Gasteiger partial charge in [-0.3, -0.25) is 9.10 Å². The molecule has 0 aliphatic rings. The lowest BCUT2D eigenvalue weighted by Crippen LogP contribution is -2.39. The van der Waals surface area contributed by atoms with E-state index in [-0.39, 0.29) is 4.90 Å². The molecular formula is C28H33N3O4S. The number of sulfonamides is 1. The van der Waals surface area contributed by atoms with Gasteiger partial charge in [-0.05, 0) is 72.0 Å². The van der Waals surface area contributed by atoms with Gasteiger partial charge in [0.2, 0.25) is 0 Å². The first-order chi connectivity index (χ1) is 17.3. The summed E-state index contributed by atoms with van der Waals surface area (Å²) in [6, 6.07) is 22.6. The van der Waals surface area contributed by atoms with Crippen molar-refractivity contribution in [3.8, 4) is 5.75 Å². The number of anilines is 1. The molecule has 1 amide bonds. The number of unbranched alkanes of at least 4 members (excludes halogenated alkanes) is 1. The van der Waals surface area contributed by atoms with Crippen molar-refractivity contribution < 1.29 is 17.9 Å². The maximum absolute atomic E-state index is 13.4. The summed E-state index contributed by atoms with van der Waals surface area (Å²) in [6.45, 7) is 6.48. The summed E-state index contributed by atoms with van der Waals surface area (Å²) in [4.78, 5) is 12.8.